The summed E-state index contributed by atoms with van der Waals surface area (Å²) in [5.74, 6) is -0.184. The molecule has 25 heavy (non-hydrogen) atoms. The van der Waals surface area contributed by atoms with E-state index >= 15 is 0 Å². The van der Waals surface area contributed by atoms with Crippen LogP contribution < -0.4 is 10.7 Å². The monoisotopic (exact) mass is 331 g/mol. The average molecular weight is 331 g/mol. The molecule has 0 fully saturated rings. The summed E-state index contributed by atoms with van der Waals surface area (Å²) in [7, 11) is 0. The van der Waals surface area contributed by atoms with Gasteiger partial charge in [-0.25, -0.2) is 5.43 Å². The van der Waals surface area contributed by atoms with Gasteiger partial charge >= 0.3 is 0 Å². The van der Waals surface area contributed by atoms with Crippen LogP contribution in [0.4, 0.5) is 5.69 Å². The summed E-state index contributed by atoms with van der Waals surface area (Å²) < 4.78 is 0. The van der Waals surface area contributed by atoms with Gasteiger partial charge in [-0.15, -0.1) is 0 Å². The van der Waals surface area contributed by atoms with Crippen molar-refractivity contribution in [3.8, 4) is 0 Å². The van der Waals surface area contributed by atoms with Crippen molar-refractivity contribution in [2.45, 2.75) is 19.9 Å². The fourth-order valence-corrected chi connectivity index (χ4v) is 2.51. The highest BCUT2D eigenvalue weighted by Gasteiger charge is 2.11. The van der Waals surface area contributed by atoms with E-state index in [2.05, 4.69) is 28.0 Å². The van der Waals surface area contributed by atoms with Crippen LogP contribution in [-0.4, -0.2) is 18.2 Å². The number of nitrogens with zero attached hydrogens (tertiary/aromatic N) is 1. The summed E-state index contributed by atoms with van der Waals surface area (Å²) in [5, 5.41) is 9.53. The van der Waals surface area contributed by atoms with Crippen LogP contribution in [0.5, 0.6) is 0 Å². The van der Waals surface area contributed by atoms with Crippen LogP contribution in [0, 0.1) is 6.92 Å². The second kappa shape index (κ2) is 7.62. The number of hydrazone groups is 1. The van der Waals surface area contributed by atoms with Gasteiger partial charge in [-0.1, -0.05) is 60.2 Å². The van der Waals surface area contributed by atoms with Crippen molar-refractivity contribution >= 4 is 28.6 Å². The fourth-order valence-electron chi connectivity index (χ4n) is 2.51. The maximum absolute atomic E-state index is 12.2. The summed E-state index contributed by atoms with van der Waals surface area (Å²) in [6.45, 7) is 3.84. The Morgan fingerprint density at radius 2 is 1.72 bits per heavy atom. The molecule has 0 aromatic heterocycles. The molecule has 126 valence electrons. The fraction of sp³-hybridized carbons (Fsp3) is 0.143. The number of carbonyl (C=O) groups is 1. The summed E-state index contributed by atoms with van der Waals surface area (Å²) >= 11 is 0. The molecular formula is C21H21N3O. The molecule has 0 heterocycles. The minimum absolute atomic E-state index is 0.184. The minimum Gasteiger partial charge on any atom is -0.374 e. The van der Waals surface area contributed by atoms with Gasteiger partial charge in [0.1, 0.15) is 6.04 Å². The van der Waals surface area contributed by atoms with Crippen LogP contribution in [-0.2, 0) is 4.79 Å². The third-order valence-corrected chi connectivity index (χ3v) is 3.99. The van der Waals surface area contributed by atoms with Crippen LogP contribution in [0.2, 0.25) is 0 Å². The molecule has 4 nitrogen and oxygen atoms in total. The van der Waals surface area contributed by atoms with E-state index in [1.165, 1.54) is 10.9 Å². The number of aryl methyl sites for hydroxylation is 1. The Kier molecular flexibility index (Phi) is 5.09. The molecular weight excluding hydrogens is 310 g/mol. The van der Waals surface area contributed by atoms with Gasteiger partial charge in [0.15, 0.2) is 0 Å². The zero-order valence-electron chi connectivity index (χ0n) is 14.4. The average Bonchev–Trinajstić information content (AvgIpc) is 2.63. The van der Waals surface area contributed by atoms with Crippen molar-refractivity contribution in [1.82, 2.24) is 5.43 Å². The Balaban J connectivity index is 1.58. The number of rotatable bonds is 5. The zero-order chi connectivity index (χ0) is 17.6. The second-order valence-electron chi connectivity index (χ2n) is 6.07. The van der Waals surface area contributed by atoms with E-state index in [1.54, 1.807) is 6.21 Å². The second-order valence-corrected chi connectivity index (χ2v) is 6.07. The molecule has 0 saturated carbocycles. The summed E-state index contributed by atoms with van der Waals surface area (Å²) in [4.78, 5) is 12.2. The van der Waals surface area contributed by atoms with Gasteiger partial charge < -0.3 is 5.32 Å². The van der Waals surface area contributed by atoms with Crippen LogP contribution in [0.3, 0.4) is 0 Å². The number of fused-ring (bicyclic) bond motifs is 1. The molecule has 0 unspecified atom stereocenters. The minimum atomic E-state index is -0.392. The Morgan fingerprint density at radius 3 is 2.48 bits per heavy atom. The molecule has 0 aliphatic heterocycles. The van der Waals surface area contributed by atoms with Crippen LogP contribution >= 0.6 is 0 Å². The SMILES string of the molecule is Cc1ccc(/C=N\NC(=O)[C@@H](C)Nc2ccc3ccccc3c2)cc1. The maximum atomic E-state index is 12.2. The lowest BCUT2D eigenvalue weighted by atomic mass is 10.1. The number of nitrogens with one attached hydrogen (secondary N) is 2. The van der Waals surface area contributed by atoms with Gasteiger partial charge in [0.25, 0.3) is 5.91 Å². The molecule has 3 aromatic carbocycles. The van der Waals surface area contributed by atoms with Gasteiger partial charge in [-0.2, -0.15) is 5.10 Å². The van der Waals surface area contributed by atoms with Crippen LogP contribution in [0.15, 0.2) is 71.8 Å². The Labute approximate surface area is 147 Å². The highest BCUT2D eigenvalue weighted by atomic mass is 16.2. The highest BCUT2D eigenvalue weighted by Crippen LogP contribution is 2.19. The van der Waals surface area contributed by atoms with E-state index in [9.17, 15) is 4.79 Å². The molecule has 1 atom stereocenters. The van der Waals surface area contributed by atoms with Crippen molar-refractivity contribution in [3.05, 3.63) is 77.9 Å². The molecule has 0 saturated heterocycles. The third-order valence-electron chi connectivity index (χ3n) is 3.99. The van der Waals surface area contributed by atoms with E-state index in [4.69, 9.17) is 0 Å². The number of carbonyl (C=O) groups excluding carboxylic acids is 1. The first-order valence-corrected chi connectivity index (χ1v) is 8.27. The summed E-state index contributed by atoms with van der Waals surface area (Å²) in [5.41, 5.74) is 5.61. The maximum Gasteiger partial charge on any atom is 0.262 e. The van der Waals surface area contributed by atoms with Gasteiger partial charge in [0.05, 0.1) is 6.21 Å². The van der Waals surface area contributed by atoms with E-state index < -0.39 is 6.04 Å². The summed E-state index contributed by atoms with van der Waals surface area (Å²) in [6.07, 6.45) is 1.64. The highest BCUT2D eigenvalue weighted by molar-refractivity contribution is 5.89. The molecule has 3 rings (SSSR count). The Bertz CT molecular complexity index is 900. The third kappa shape index (κ3) is 4.44. The predicted molar refractivity (Wildman–Crippen MR) is 104 cm³/mol. The van der Waals surface area contributed by atoms with Crippen molar-refractivity contribution < 1.29 is 4.79 Å². The largest absolute Gasteiger partial charge is 0.374 e. The van der Waals surface area contributed by atoms with Gasteiger partial charge in [0.2, 0.25) is 0 Å². The van der Waals surface area contributed by atoms with E-state index in [0.717, 1.165) is 16.6 Å². The van der Waals surface area contributed by atoms with Crippen molar-refractivity contribution in [2.24, 2.45) is 5.10 Å². The van der Waals surface area contributed by atoms with Crippen molar-refractivity contribution in [2.75, 3.05) is 5.32 Å². The van der Waals surface area contributed by atoms with Gasteiger partial charge in [-0.05, 0) is 42.3 Å². The first-order chi connectivity index (χ1) is 12.1. The number of hydrogen-bond acceptors (Lipinski definition) is 3. The molecule has 2 N–H and O–H groups in total. The van der Waals surface area contributed by atoms with Crippen molar-refractivity contribution in [1.29, 1.82) is 0 Å². The lowest BCUT2D eigenvalue weighted by Crippen LogP contribution is -2.34. The molecule has 0 bridgehead atoms. The smallest absolute Gasteiger partial charge is 0.262 e. The number of amides is 1. The molecule has 0 aliphatic carbocycles. The summed E-state index contributed by atoms with van der Waals surface area (Å²) in [6, 6.07) is 21.7. The Morgan fingerprint density at radius 1 is 1.00 bits per heavy atom. The van der Waals surface area contributed by atoms with Crippen molar-refractivity contribution in [3.63, 3.8) is 0 Å². The van der Waals surface area contributed by atoms with Crippen LogP contribution in [0.25, 0.3) is 10.8 Å². The molecule has 1 amide bonds. The Hall–Kier alpha value is -3.14. The van der Waals surface area contributed by atoms with E-state index in [1.807, 2.05) is 68.4 Å². The predicted octanol–water partition coefficient (Wildman–Crippen LogP) is 4.10. The van der Waals surface area contributed by atoms with E-state index in [0.29, 0.717) is 0 Å². The topological polar surface area (TPSA) is 53.5 Å². The van der Waals surface area contributed by atoms with Gasteiger partial charge in [0, 0.05) is 5.69 Å². The lowest BCUT2D eigenvalue weighted by Gasteiger charge is -2.14. The van der Waals surface area contributed by atoms with Crippen LogP contribution in [0.1, 0.15) is 18.1 Å². The number of anilines is 1. The standard InChI is InChI=1S/C21H21N3O/c1-15-7-9-17(10-8-15)14-22-24-21(25)16(2)23-20-12-11-18-5-3-4-6-19(18)13-20/h3-14,16,23H,1-2H3,(H,24,25)/b22-14-/t16-/m1/s1. The number of benzene rings is 3. The normalized spacial score (nSPS) is 12.2. The first kappa shape index (κ1) is 16.7. The quantitative estimate of drug-likeness (QED) is 0.546. The lowest BCUT2D eigenvalue weighted by molar-refractivity contribution is -0.121. The molecule has 0 radical (unpaired) electrons. The molecule has 0 aliphatic rings. The molecule has 0 spiro atoms. The zero-order valence-corrected chi connectivity index (χ0v) is 14.4. The first-order valence-electron chi connectivity index (χ1n) is 8.27. The van der Waals surface area contributed by atoms with E-state index in [-0.39, 0.29) is 5.91 Å². The molecule has 4 heteroatoms. The molecule has 3 aromatic rings. The number of hydrogen-bond donors (Lipinski definition) is 2. The van der Waals surface area contributed by atoms with Gasteiger partial charge in [-0.3, -0.25) is 4.79 Å².